The van der Waals surface area contributed by atoms with E-state index in [9.17, 15) is 40.2 Å². The zero-order valence-electron chi connectivity index (χ0n) is 18.4. The molecule has 3 aromatic rings. The molecule has 2 aromatic carbocycles. The maximum absolute atomic E-state index is 13.4. The molecule has 6 N–H and O–H groups in total. The van der Waals surface area contributed by atoms with E-state index in [0.29, 0.717) is 0 Å². The van der Waals surface area contributed by atoms with Crippen LogP contribution in [0.1, 0.15) is 13.8 Å². The molecule has 0 saturated carbocycles. The minimum atomic E-state index is -1.74. The Labute approximate surface area is 196 Å². The summed E-state index contributed by atoms with van der Waals surface area (Å²) in [5, 5.41) is 60.3. The largest absolute Gasteiger partial charge is 0.508 e. The molecule has 1 aliphatic heterocycles. The number of hydrogen-bond acceptors (Lipinski definition) is 12. The molecule has 4 rings (SSSR count). The maximum Gasteiger partial charge on any atom is 0.303 e. The van der Waals surface area contributed by atoms with E-state index < -0.39 is 70.9 Å². The van der Waals surface area contributed by atoms with Crippen molar-refractivity contribution < 1.29 is 54.1 Å². The van der Waals surface area contributed by atoms with Crippen LogP contribution in [0.15, 0.2) is 39.5 Å². The topological polar surface area (TPSA) is 196 Å². The van der Waals surface area contributed by atoms with Crippen LogP contribution in [0.2, 0.25) is 0 Å². The highest BCUT2D eigenvalue weighted by molar-refractivity contribution is 5.88. The zero-order chi connectivity index (χ0) is 25.6. The van der Waals surface area contributed by atoms with Gasteiger partial charge in [-0.2, -0.15) is 0 Å². The van der Waals surface area contributed by atoms with Gasteiger partial charge >= 0.3 is 5.97 Å². The van der Waals surface area contributed by atoms with Crippen molar-refractivity contribution in [3.8, 4) is 40.1 Å². The number of carbonyl (C=O) groups excluding carboxylic acids is 1. The average Bonchev–Trinajstić information content (AvgIpc) is 2.77. The molecule has 0 unspecified atom stereocenters. The summed E-state index contributed by atoms with van der Waals surface area (Å²) in [6.45, 7) is 2.51. The summed E-state index contributed by atoms with van der Waals surface area (Å²) in [6.07, 6.45) is -7.22. The van der Waals surface area contributed by atoms with Gasteiger partial charge in [-0.15, -0.1) is 0 Å². The van der Waals surface area contributed by atoms with Crippen molar-refractivity contribution >= 4 is 16.9 Å². The molecular formula is C23H22O12. The van der Waals surface area contributed by atoms with Gasteiger partial charge in [0.1, 0.15) is 28.6 Å². The van der Waals surface area contributed by atoms with Crippen molar-refractivity contribution in [1.82, 2.24) is 0 Å². The lowest BCUT2D eigenvalue weighted by molar-refractivity contribution is -0.272. The van der Waals surface area contributed by atoms with Crippen molar-refractivity contribution in [2.45, 2.75) is 44.6 Å². The van der Waals surface area contributed by atoms with E-state index in [4.69, 9.17) is 18.6 Å². The number of fused-ring (bicyclic) bond motifs is 1. The highest BCUT2D eigenvalue weighted by Gasteiger charge is 2.46. The number of carbonyl (C=O) groups is 1. The smallest absolute Gasteiger partial charge is 0.303 e. The minimum Gasteiger partial charge on any atom is -0.508 e. The molecule has 12 heteroatoms. The number of aliphatic hydroxyl groups excluding tert-OH is 2. The fraction of sp³-hybridized carbons (Fsp3) is 0.304. The van der Waals surface area contributed by atoms with Crippen LogP contribution in [-0.2, 0) is 14.3 Å². The standard InChI is InChI=1S/C23H22O12/c1-8-17(29)21(33-9(2)24)19(31)23(32-8)35-22-18(30)16-14(28)6-11(25)7-15(16)34-20(22)10-3-4-12(26)13(27)5-10/h3-8,17,19,21,23,25-29,31H,1-2H3/t8-,17-,19-,21+,23+/m0/s1. The third-order valence-corrected chi connectivity index (χ3v) is 5.47. The van der Waals surface area contributed by atoms with Crippen molar-refractivity contribution in [2.75, 3.05) is 0 Å². The molecule has 1 saturated heterocycles. The minimum absolute atomic E-state index is 0.0482. The van der Waals surface area contributed by atoms with Crippen molar-refractivity contribution in [3.05, 3.63) is 40.6 Å². The van der Waals surface area contributed by atoms with Crippen LogP contribution in [0.5, 0.6) is 28.7 Å². The quantitative estimate of drug-likeness (QED) is 0.225. The first kappa shape index (κ1) is 24.1. The summed E-state index contributed by atoms with van der Waals surface area (Å²) in [7, 11) is 0. The monoisotopic (exact) mass is 490 g/mol. The molecule has 12 nitrogen and oxygen atoms in total. The van der Waals surface area contributed by atoms with E-state index in [0.717, 1.165) is 31.2 Å². The summed E-state index contributed by atoms with van der Waals surface area (Å²) in [5.41, 5.74) is -1.11. The van der Waals surface area contributed by atoms with Crippen molar-refractivity contribution in [2.24, 2.45) is 0 Å². The average molecular weight is 490 g/mol. The van der Waals surface area contributed by atoms with Crippen LogP contribution in [0.25, 0.3) is 22.3 Å². The first-order chi connectivity index (χ1) is 16.5. The van der Waals surface area contributed by atoms with E-state index in [2.05, 4.69) is 0 Å². The Balaban J connectivity index is 1.88. The molecule has 0 bridgehead atoms. The van der Waals surface area contributed by atoms with Gasteiger partial charge in [-0.3, -0.25) is 9.59 Å². The van der Waals surface area contributed by atoms with E-state index >= 15 is 0 Å². The first-order valence-corrected chi connectivity index (χ1v) is 10.4. The Morgan fingerprint density at radius 2 is 1.69 bits per heavy atom. The van der Waals surface area contributed by atoms with Gasteiger partial charge in [-0.25, -0.2) is 0 Å². The van der Waals surface area contributed by atoms with Gasteiger partial charge < -0.3 is 49.3 Å². The fourth-order valence-electron chi connectivity index (χ4n) is 3.77. The third kappa shape index (κ3) is 4.41. The molecule has 1 aromatic heterocycles. The van der Waals surface area contributed by atoms with Gasteiger partial charge in [0, 0.05) is 24.6 Å². The van der Waals surface area contributed by atoms with E-state index in [1.54, 1.807) is 0 Å². The molecule has 0 spiro atoms. The van der Waals surface area contributed by atoms with E-state index in [1.807, 2.05) is 0 Å². The Hall–Kier alpha value is -4.00. The second-order valence-corrected chi connectivity index (χ2v) is 8.01. The lowest BCUT2D eigenvalue weighted by Crippen LogP contribution is -2.59. The highest BCUT2D eigenvalue weighted by atomic mass is 16.7. The predicted molar refractivity (Wildman–Crippen MR) is 117 cm³/mol. The number of esters is 1. The van der Waals surface area contributed by atoms with Gasteiger partial charge in [0.2, 0.25) is 17.5 Å². The number of benzene rings is 2. The van der Waals surface area contributed by atoms with Crippen LogP contribution < -0.4 is 10.2 Å². The molecule has 0 amide bonds. The number of ether oxygens (including phenoxy) is 3. The third-order valence-electron chi connectivity index (χ3n) is 5.47. The van der Waals surface area contributed by atoms with Gasteiger partial charge in [-0.05, 0) is 25.1 Å². The second-order valence-electron chi connectivity index (χ2n) is 8.01. The van der Waals surface area contributed by atoms with Gasteiger partial charge in [0.05, 0.1) is 6.10 Å². The molecule has 186 valence electrons. The molecule has 1 fully saturated rings. The number of phenols is 4. The summed E-state index contributed by atoms with van der Waals surface area (Å²) in [5.74, 6) is -3.67. The molecule has 0 aliphatic carbocycles. The summed E-state index contributed by atoms with van der Waals surface area (Å²) < 4.78 is 21.9. The number of phenolic OH excluding ortho intramolecular Hbond substituents is 4. The lowest BCUT2D eigenvalue weighted by Gasteiger charge is -2.40. The second kappa shape index (κ2) is 8.98. The van der Waals surface area contributed by atoms with Gasteiger partial charge in [0.25, 0.3) is 0 Å². The lowest BCUT2D eigenvalue weighted by atomic mass is 9.99. The Morgan fingerprint density at radius 1 is 0.971 bits per heavy atom. The molecule has 0 radical (unpaired) electrons. The number of aromatic hydroxyl groups is 4. The Bertz CT molecular complexity index is 1350. The van der Waals surface area contributed by atoms with Crippen LogP contribution in [0.4, 0.5) is 0 Å². The highest BCUT2D eigenvalue weighted by Crippen LogP contribution is 2.39. The SMILES string of the molecule is CC(=O)O[C@H]1[C@H](O)[C@@H](Oc2c(-c3ccc(O)c(O)c3)oc3cc(O)cc(O)c3c2=O)O[C@@H](C)[C@@H]1O. The van der Waals surface area contributed by atoms with E-state index in [1.165, 1.54) is 13.0 Å². The predicted octanol–water partition coefficient (Wildman–Crippen LogP) is 1.06. The maximum atomic E-state index is 13.4. The molecular weight excluding hydrogens is 468 g/mol. The number of hydrogen-bond donors (Lipinski definition) is 6. The zero-order valence-corrected chi connectivity index (χ0v) is 18.4. The Kier molecular flexibility index (Phi) is 6.19. The van der Waals surface area contributed by atoms with Gasteiger partial charge in [-0.1, -0.05) is 0 Å². The van der Waals surface area contributed by atoms with Crippen molar-refractivity contribution in [3.63, 3.8) is 0 Å². The van der Waals surface area contributed by atoms with Gasteiger partial charge in [0.15, 0.2) is 29.5 Å². The normalized spacial score (nSPS) is 24.3. The first-order valence-electron chi connectivity index (χ1n) is 10.4. The van der Waals surface area contributed by atoms with Crippen LogP contribution >= 0.6 is 0 Å². The van der Waals surface area contributed by atoms with E-state index in [-0.39, 0.29) is 22.3 Å². The van der Waals surface area contributed by atoms with Crippen molar-refractivity contribution in [1.29, 1.82) is 0 Å². The van der Waals surface area contributed by atoms with Crippen LogP contribution in [-0.4, -0.2) is 67.3 Å². The number of rotatable bonds is 4. The molecule has 1 aliphatic rings. The summed E-state index contributed by atoms with van der Waals surface area (Å²) in [4.78, 5) is 24.8. The summed E-state index contributed by atoms with van der Waals surface area (Å²) in [6, 6.07) is 5.48. The summed E-state index contributed by atoms with van der Waals surface area (Å²) >= 11 is 0. The molecule has 2 heterocycles. The molecule has 5 atom stereocenters. The van der Waals surface area contributed by atoms with Crippen LogP contribution in [0.3, 0.4) is 0 Å². The molecule has 35 heavy (non-hydrogen) atoms. The fourth-order valence-corrected chi connectivity index (χ4v) is 3.77. The van der Waals surface area contributed by atoms with Crippen LogP contribution in [0, 0.1) is 0 Å². The number of aliphatic hydroxyl groups is 2. The Morgan fingerprint density at radius 3 is 2.34 bits per heavy atom.